The van der Waals surface area contributed by atoms with Crippen molar-refractivity contribution < 1.29 is 43.7 Å². The first-order valence-corrected chi connectivity index (χ1v) is 7.69. The Balaban J connectivity index is -0.000000130. The fraction of sp³-hybridized carbons (Fsp3) is 1.00. The van der Waals surface area contributed by atoms with Crippen molar-refractivity contribution in [3.8, 4) is 0 Å². The van der Waals surface area contributed by atoms with Crippen LogP contribution in [0.3, 0.4) is 0 Å². The topological polar surface area (TPSA) is 125 Å². The molecule has 10 heteroatoms. The first kappa shape index (κ1) is 33.1. The Morgan fingerprint density at radius 1 is 0.440 bits per heavy atom. The summed E-state index contributed by atoms with van der Waals surface area (Å²) in [6, 6.07) is 0. The molecule has 2 radical (unpaired) electrons. The molecule has 0 atom stereocenters. The van der Waals surface area contributed by atoms with Crippen molar-refractivity contribution in [3.63, 3.8) is 0 Å². The van der Waals surface area contributed by atoms with Crippen LogP contribution in [0.2, 0.25) is 0 Å². The molecule has 0 bridgehead atoms. The monoisotopic (exact) mass is 566 g/mol. The van der Waals surface area contributed by atoms with Crippen LogP contribution in [0, 0.1) is 0 Å². The molecule has 0 aliphatic rings. The van der Waals surface area contributed by atoms with Gasteiger partial charge >= 0.3 is 26.2 Å². The molecule has 0 N–H and O–H groups in total. The third-order valence-electron chi connectivity index (χ3n) is 1.98. The van der Waals surface area contributed by atoms with Crippen molar-refractivity contribution in [1.82, 2.24) is 0 Å². The van der Waals surface area contributed by atoms with Crippen LogP contribution < -0.4 is 15.3 Å². The number of hydrogen-bond donors (Lipinski definition) is 0. The van der Waals surface area contributed by atoms with Crippen LogP contribution in [0.4, 0.5) is 0 Å². The molecule has 0 heterocycles. The predicted octanol–water partition coefficient (Wildman–Crippen LogP) is -3.35. The van der Waals surface area contributed by atoms with E-state index in [0.29, 0.717) is 59.5 Å². The van der Waals surface area contributed by atoms with Crippen LogP contribution in [0.15, 0.2) is 0 Å². The minimum atomic E-state index is -0.163. The average Bonchev–Trinajstić information content (AvgIpc) is 2.61. The van der Waals surface area contributed by atoms with Gasteiger partial charge in [0.25, 0.3) is 0 Å². The van der Waals surface area contributed by atoms with Gasteiger partial charge in [-0.15, -0.1) is 19.8 Å². The Bertz CT molecular complexity index is 133. The molecular weight excluding hydrogens is 533 g/mol. The van der Waals surface area contributed by atoms with Crippen molar-refractivity contribution in [2.75, 3.05) is 101 Å². The Hall–Kier alpha value is 0.523. The van der Waals surface area contributed by atoms with E-state index in [4.69, 9.17) is 14.2 Å². The normalized spacial score (nSPS) is 9.36. The van der Waals surface area contributed by atoms with Gasteiger partial charge in [0.05, 0.1) is 39.6 Å². The molecule has 0 amide bonds. The Labute approximate surface area is 170 Å². The molecule has 0 aromatic carbocycles. The Morgan fingerprint density at radius 2 is 0.680 bits per heavy atom. The van der Waals surface area contributed by atoms with Gasteiger partial charge in [-0.05, 0) is 0 Å². The average molecular weight is 566 g/mol. The van der Waals surface area contributed by atoms with Crippen molar-refractivity contribution in [1.29, 1.82) is 0 Å². The van der Waals surface area contributed by atoms with Crippen molar-refractivity contribution in [2.45, 2.75) is 0 Å². The van der Waals surface area contributed by atoms with Crippen LogP contribution in [-0.2, 0) is 28.4 Å². The van der Waals surface area contributed by atoms with E-state index in [9.17, 15) is 15.3 Å². The van der Waals surface area contributed by atoms with E-state index in [1.807, 2.05) is 0 Å². The Kier molecular flexibility index (Phi) is 52.4. The van der Waals surface area contributed by atoms with E-state index in [0.717, 1.165) is 0 Å². The summed E-state index contributed by atoms with van der Waals surface area (Å²) in [5.41, 5.74) is 0. The van der Waals surface area contributed by atoms with E-state index < -0.39 is 0 Å². The van der Waals surface area contributed by atoms with Gasteiger partial charge in [0.1, 0.15) is 0 Å². The van der Waals surface area contributed by atoms with E-state index in [-0.39, 0.29) is 46.0 Å². The standard InChI is InChI=1S/3C5H11O3.Bi/c3*1-7-4-5-8-3-2-6;/h3*2-5H2,1H3;/q3*-1;+3. The zero-order valence-electron chi connectivity index (χ0n) is 15.6. The number of methoxy groups -OCH3 is 3. The zero-order chi connectivity index (χ0) is 18.7. The molecule has 0 fully saturated rings. The van der Waals surface area contributed by atoms with Gasteiger partial charge in [0.15, 0.2) is 0 Å². The van der Waals surface area contributed by atoms with Gasteiger partial charge in [-0.2, -0.15) is 0 Å². The van der Waals surface area contributed by atoms with Crippen LogP contribution in [0.1, 0.15) is 0 Å². The van der Waals surface area contributed by atoms with E-state index >= 15 is 0 Å². The molecule has 0 aromatic heterocycles. The van der Waals surface area contributed by atoms with Crippen molar-refractivity contribution in [2.24, 2.45) is 0 Å². The summed E-state index contributed by atoms with van der Waals surface area (Å²) in [5.74, 6) is 0. The number of ether oxygens (including phenoxy) is 6. The predicted molar refractivity (Wildman–Crippen MR) is 88.4 cm³/mol. The zero-order valence-corrected chi connectivity index (χ0v) is 19.1. The van der Waals surface area contributed by atoms with Gasteiger partial charge in [-0.1, -0.05) is 0 Å². The van der Waals surface area contributed by atoms with Crippen LogP contribution in [-0.4, -0.2) is 127 Å². The maximum Gasteiger partial charge on any atom is 3.00 e. The minimum absolute atomic E-state index is 0. The van der Waals surface area contributed by atoms with Crippen LogP contribution >= 0.6 is 0 Å². The van der Waals surface area contributed by atoms with Crippen LogP contribution in [0.5, 0.6) is 0 Å². The molecule has 0 rings (SSSR count). The van der Waals surface area contributed by atoms with Crippen molar-refractivity contribution in [3.05, 3.63) is 0 Å². The van der Waals surface area contributed by atoms with E-state index in [1.165, 1.54) is 0 Å². The molecule has 0 aliphatic heterocycles. The Morgan fingerprint density at radius 3 is 0.840 bits per heavy atom. The smallest absolute Gasteiger partial charge is 0.853 e. The quantitative estimate of drug-likeness (QED) is 0.148. The molecule has 0 spiro atoms. The van der Waals surface area contributed by atoms with Gasteiger partial charge in [-0.3, -0.25) is 0 Å². The van der Waals surface area contributed by atoms with E-state index in [1.54, 1.807) is 21.3 Å². The summed E-state index contributed by atoms with van der Waals surface area (Å²) >= 11 is 0. The molecule has 0 saturated carbocycles. The second-order valence-electron chi connectivity index (χ2n) is 3.93. The molecule has 9 nitrogen and oxygen atoms in total. The van der Waals surface area contributed by atoms with Gasteiger partial charge in [0, 0.05) is 41.2 Å². The van der Waals surface area contributed by atoms with Crippen LogP contribution in [0.25, 0.3) is 0 Å². The maximum atomic E-state index is 9.73. The molecular formula is C15H33BiO9. The summed E-state index contributed by atoms with van der Waals surface area (Å²) in [6.07, 6.45) is 0. The summed E-state index contributed by atoms with van der Waals surface area (Å²) in [4.78, 5) is 0. The summed E-state index contributed by atoms with van der Waals surface area (Å²) < 4.78 is 28.3. The maximum absolute atomic E-state index is 9.73. The summed E-state index contributed by atoms with van der Waals surface area (Å²) in [6.45, 7) is 3.68. The molecule has 25 heavy (non-hydrogen) atoms. The van der Waals surface area contributed by atoms with Gasteiger partial charge in [0.2, 0.25) is 0 Å². The summed E-state index contributed by atoms with van der Waals surface area (Å²) in [7, 11) is 4.79. The molecule has 0 unspecified atom stereocenters. The first-order chi connectivity index (χ1) is 11.7. The van der Waals surface area contributed by atoms with Gasteiger partial charge in [-0.25, -0.2) is 0 Å². The summed E-state index contributed by atoms with van der Waals surface area (Å²) in [5, 5.41) is 29.2. The second-order valence-corrected chi connectivity index (χ2v) is 3.93. The van der Waals surface area contributed by atoms with Gasteiger partial charge < -0.3 is 43.7 Å². The minimum Gasteiger partial charge on any atom is -0.853 e. The third-order valence-corrected chi connectivity index (χ3v) is 1.98. The third kappa shape index (κ3) is 51.6. The fourth-order valence-corrected chi connectivity index (χ4v) is 0.910. The SMILES string of the molecule is COCCOCC[O-].COCCOCC[O-].COCCOCC[O-].[Bi+3]. The van der Waals surface area contributed by atoms with Crippen molar-refractivity contribution >= 4 is 26.2 Å². The number of rotatable bonds is 15. The molecule has 0 aliphatic carbocycles. The fourth-order valence-electron chi connectivity index (χ4n) is 0.910. The number of hydrogen-bond acceptors (Lipinski definition) is 9. The molecule has 152 valence electrons. The molecule has 0 saturated heterocycles. The first-order valence-electron chi connectivity index (χ1n) is 7.69. The van der Waals surface area contributed by atoms with E-state index in [2.05, 4.69) is 14.2 Å². The second kappa shape index (κ2) is 39.5. The molecule has 0 aromatic rings. The largest absolute Gasteiger partial charge is 3.00 e.